The van der Waals surface area contributed by atoms with Gasteiger partial charge in [0.2, 0.25) is 11.8 Å². The summed E-state index contributed by atoms with van der Waals surface area (Å²) in [4.78, 5) is 23.1. The molecule has 2 aliphatic rings. The van der Waals surface area contributed by atoms with E-state index in [0.29, 0.717) is 18.9 Å². The van der Waals surface area contributed by atoms with Crippen molar-refractivity contribution in [1.29, 1.82) is 0 Å². The summed E-state index contributed by atoms with van der Waals surface area (Å²) >= 11 is 0. The molecule has 0 bridgehead atoms. The van der Waals surface area contributed by atoms with Crippen LogP contribution in [-0.4, -0.2) is 30.9 Å². The van der Waals surface area contributed by atoms with Crippen molar-refractivity contribution in [2.45, 2.75) is 44.6 Å². The van der Waals surface area contributed by atoms with Gasteiger partial charge in [-0.3, -0.25) is 9.59 Å². The van der Waals surface area contributed by atoms with Gasteiger partial charge in [-0.05, 0) is 44.6 Å². The van der Waals surface area contributed by atoms with Gasteiger partial charge >= 0.3 is 0 Å². The second-order valence-corrected chi connectivity index (χ2v) is 5.50. The Hall–Kier alpha value is -1.10. The molecule has 0 aromatic carbocycles. The number of nitrogens with one attached hydrogen (secondary N) is 2. The van der Waals surface area contributed by atoms with Crippen molar-refractivity contribution in [3.63, 3.8) is 0 Å². The Morgan fingerprint density at radius 2 is 2.00 bits per heavy atom. The number of hydrogen-bond donors (Lipinski definition) is 3. The minimum absolute atomic E-state index is 0.0870. The monoisotopic (exact) mass is 253 g/mol. The highest BCUT2D eigenvalue weighted by Crippen LogP contribution is 2.28. The first-order chi connectivity index (χ1) is 8.69. The van der Waals surface area contributed by atoms with E-state index in [9.17, 15) is 9.59 Å². The van der Waals surface area contributed by atoms with Crippen LogP contribution in [0.3, 0.4) is 0 Å². The van der Waals surface area contributed by atoms with E-state index >= 15 is 0 Å². The first kappa shape index (κ1) is 13.3. The molecule has 2 fully saturated rings. The maximum Gasteiger partial charge on any atom is 0.223 e. The van der Waals surface area contributed by atoms with Gasteiger partial charge in [-0.2, -0.15) is 0 Å². The Kier molecular flexibility index (Phi) is 4.58. The molecular formula is C13H23N3O2. The molecule has 5 nitrogen and oxygen atoms in total. The van der Waals surface area contributed by atoms with Crippen molar-refractivity contribution in [1.82, 2.24) is 10.6 Å². The topological polar surface area (TPSA) is 84.2 Å². The fourth-order valence-electron chi connectivity index (χ4n) is 2.84. The van der Waals surface area contributed by atoms with Crippen molar-refractivity contribution < 1.29 is 9.59 Å². The molecule has 1 unspecified atom stereocenters. The highest BCUT2D eigenvalue weighted by Gasteiger charge is 2.28. The molecule has 2 rings (SSSR count). The van der Waals surface area contributed by atoms with E-state index in [1.54, 1.807) is 0 Å². The molecular weight excluding hydrogens is 230 g/mol. The molecule has 1 heterocycles. The minimum Gasteiger partial charge on any atom is -0.354 e. The summed E-state index contributed by atoms with van der Waals surface area (Å²) in [7, 11) is 0. The first-order valence-corrected chi connectivity index (χ1v) is 6.96. The molecule has 1 saturated heterocycles. The Labute approximate surface area is 108 Å². The van der Waals surface area contributed by atoms with Crippen molar-refractivity contribution in [2.24, 2.45) is 17.6 Å². The maximum atomic E-state index is 12.1. The number of hydrogen-bond acceptors (Lipinski definition) is 3. The Bertz CT molecular complexity index is 301. The lowest BCUT2D eigenvalue weighted by molar-refractivity contribution is -0.128. The van der Waals surface area contributed by atoms with E-state index in [1.165, 1.54) is 0 Å². The van der Waals surface area contributed by atoms with Crippen molar-refractivity contribution in [2.75, 3.05) is 13.1 Å². The third kappa shape index (κ3) is 3.45. The first-order valence-electron chi connectivity index (χ1n) is 6.96. The fourth-order valence-corrected chi connectivity index (χ4v) is 2.84. The van der Waals surface area contributed by atoms with Gasteiger partial charge in [0.15, 0.2) is 0 Å². The van der Waals surface area contributed by atoms with Gasteiger partial charge < -0.3 is 16.4 Å². The summed E-state index contributed by atoms with van der Waals surface area (Å²) in [5.41, 5.74) is 5.65. The van der Waals surface area contributed by atoms with Crippen LogP contribution in [0.4, 0.5) is 0 Å². The highest BCUT2D eigenvalue weighted by molar-refractivity contribution is 5.80. The number of amides is 2. The molecule has 0 spiro atoms. The molecule has 1 aliphatic heterocycles. The maximum absolute atomic E-state index is 12.1. The zero-order valence-electron chi connectivity index (χ0n) is 10.8. The van der Waals surface area contributed by atoms with Crippen molar-refractivity contribution in [3.8, 4) is 0 Å². The zero-order chi connectivity index (χ0) is 13.0. The molecule has 102 valence electrons. The molecule has 0 aromatic rings. The lowest BCUT2D eigenvalue weighted by atomic mass is 9.81. The van der Waals surface area contributed by atoms with Crippen LogP contribution >= 0.6 is 0 Å². The quantitative estimate of drug-likeness (QED) is 0.669. The standard InChI is InChI=1S/C13H23N3O2/c14-7-9-1-3-10(4-2-9)13(18)16-11-5-6-12(17)15-8-11/h9-11H,1-8,14H2,(H,15,17)(H,16,18). The normalized spacial score (nSPS) is 32.7. The summed E-state index contributed by atoms with van der Waals surface area (Å²) in [5.74, 6) is 0.990. The van der Waals surface area contributed by atoms with Crippen LogP contribution in [0.5, 0.6) is 0 Å². The van der Waals surface area contributed by atoms with Crippen LogP contribution in [-0.2, 0) is 9.59 Å². The Morgan fingerprint density at radius 1 is 1.28 bits per heavy atom. The molecule has 1 atom stereocenters. The largest absolute Gasteiger partial charge is 0.354 e. The number of carbonyl (C=O) groups excluding carboxylic acids is 2. The van der Waals surface area contributed by atoms with Gasteiger partial charge in [-0.15, -0.1) is 0 Å². The van der Waals surface area contributed by atoms with Crippen LogP contribution in [0, 0.1) is 11.8 Å². The molecule has 0 aromatic heterocycles. The van der Waals surface area contributed by atoms with Gasteiger partial charge in [-0.25, -0.2) is 0 Å². The van der Waals surface area contributed by atoms with E-state index in [1.807, 2.05) is 0 Å². The van der Waals surface area contributed by atoms with Crippen molar-refractivity contribution >= 4 is 11.8 Å². The Balaban J connectivity index is 1.73. The fraction of sp³-hybridized carbons (Fsp3) is 0.846. The summed E-state index contributed by atoms with van der Waals surface area (Å²) in [6.07, 6.45) is 5.31. The van der Waals surface area contributed by atoms with E-state index < -0.39 is 0 Å². The molecule has 2 amide bonds. The second-order valence-electron chi connectivity index (χ2n) is 5.50. The third-order valence-corrected chi connectivity index (χ3v) is 4.16. The lowest BCUT2D eigenvalue weighted by Gasteiger charge is -2.29. The van der Waals surface area contributed by atoms with Crippen LogP contribution in [0.2, 0.25) is 0 Å². The van der Waals surface area contributed by atoms with Gasteiger partial charge in [0.25, 0.3) is 0 Å². The minimum atomic E-state index is 0.0870. The van der Waals surface area contributed by atoms with E-state index in [0.717, 1.165) is 38.6 Å². The van der Waals surface area contributed by atoms with E-state index in [4.69, 9.17) is 5.73 Å². The van der Waals surface area contributed by atoms with Crippen LogP contribution in [0.15, 0.2) is 0 Å². The Morgan fingerprint density at radius 3 is 2.56 bits per heavy atom. The van der Waals surface area contributed by atoms with Gasteiger partial charge in [0.05, 0.1) is 0 Å². The SMILES string of the molecule is NCC1CCC(C(=O)NC2CCC(=O)NC2)CC1. The number of piperidine rings is 1. The summed E-state index contributed by atoms with van der Waals surface area (Å²) < 4.78 is 0. The van der Waals surface area contributed by atoms with Crippen LogP contribution in [0.1, 0.15) is 38.5 Å². The predicted octanol–water partition coefficient (Wildman–Crippen LogP) is 0.146. The smallest absolute Gasteiger partial charge is 0.223 e. The van der Waals surface area contributed by atoms with Crippen LogP contribution in [0.25, 0.3) is 0 Å². The molecule has 1 saturated carbocycles. The van der Waals surface area contributed by atoms with E-state index in [2.05, 4.69) is 10.6 Å². The summed E-state index contributed by atoms with van der Waals surface area (Å²) in [5, 5.41) is 5.84. The number of rotatable bonds is 3. The molecule has 18 heavy (non-hydrogen) atoms. The molecule has 0 radical (unpaired) electrons. The van der Waals surface area contributed by atoms with Gasteiger partial charge in [0, 0.05) is 24.9 Å². The number of nitrogens with two attached hydrogens (primary N) is 1. The molecule has 4 N–H and O–H groups in total. The third-order valence-electron chi connectivity index (χ3n) is 4.16. The lowest BCUT2D eigenvalue weighted by Crippen LogP contribution is -2.49. The van der Waals surface area contributed by atoms with Crippen LogP contribution < -0.4 is 16.4 Å². The van der Waals surface area contributed by atoms with Gasteiger partial charge in [0.1, 0.15) is 0 Å². The molecule has 1 aliphatic carbocycles. The predicted molar refractivity (Wildman–Crippen MR) is 68.7 cm³/mol. The van der Waals surface area contributed by atoms with E-state index in [-0.39, 0.29) is 23.8 Å². The summed E-state index contributed by atoms with van der Waals surface area (Å²) in [6, 6.07) is 0.113. The zero-order valence-corrected chi connectivity index (χ0v) is 10.8. The average molecular weight is 253 g/mol. The van der Waals surface area contributed by atoms with Gasteiger partial charge in [-0.1, -0.05) is 0 Å². The van der Waals surface area contributed by atoms with Crippen molar-refractivity contribution in [3.05, 3.63) is 0 Å². The second kappa shape index (κ2) is 6.18. The summed E-state index contributed by atoms with van der Waals surface area (Å²) in [6.45, 7) is 1.31. The average Bonchev–Trinajstić information content (AvgIpc) is 2.41. The number of carbonyl (C=O) groups is 2. The highest BCUT2D eigenvalue weighted by atomic mass is 16.2. The molecule has 5 heteroatoms.